The number of imidazole rings is 1. The quantitative estimate of drug-likeness (QED) is 0.806. The van der Waals surface area contributed by atoms with Gasteiger partial charge in [0.15, 0.2) is 0 Å². The van der Waals surface area contributed by atoms with Crippen LogP contribution in [0, 0.1) is 6.92 Å². The van der Waals surface area contributed by atoms with Gasteiger partial charge in [0.05, 0.1) is 0 Å². The van der Waals surface area contributed by atoms with Gasteiger partial charge in [0, 0.05) is 25.6 Å². The molecule has 5 nitrogen and oxygen atoms in total. The van der Waals surface area contributed by atoms with Crippen LogP contribution in [0.15, 0.2) is 61.1 Å². The Morgan fingerprint density at radius 2 is 1.87 bits per heavy atom. The molecular formula is C18H18N4O. The highest BCUT2D eigenvalue weighted by molar-refractivity contribution is 5.92. The SMILES string of the molecule is Cc1ccc(C(NC(=O)c2ccccn2)c2nccn2C)cc1. The summed E-state index contributed by atoms with van der Waals surface area (Å²) < 4.78 is 1.91. The Labute approximate surface area is 135 Å². The maximum absolute atomic E-state index is 12.5. The lowest BCUT2D eigenvalue weighted by molar-refractivity contribution is 0.0936. The van der Waals surface area contributed by atoms with E-state index in [2.05, 4.69) is 15.3 Å². The molecule has 1 amide bonds. The lowest BCUT2D eigenvalue weighted by Gasteiger charge is -2.19. The van der Waals surface area contributed by atoms with Gasteiger partial charge in [0.2, 0.25) is 0 Å². The van der Waals surface area contributed by atoms with E-state index < -0.39 is 0 Å². The molecule has 0 spiro atoms. The van der Waals surface area contributed by atoms with E-state index in [1.165, 1.54) is 5.56 Å². The normalized spacial score (nSPS) is 11.9. The second-order valence-electron chi connectivity index (χ2n) is 5.43. The Balaban J connectivity index is 1.94. The highest BCUT2D eigenvalue weighted by Crippen LogP contribution is 2.21. The number of pyridine rings is 1. The van der Waals surface area contributed by atoms with Crippen LogP contribution < -0.4 is 5.32 Å². The number of hydrogen-bond acceptors (Lipinski definition) is 3. The first-order valence-electron chi connectivity index (χ1n) is 7.41. The third-order valence-electron chi connectivity index (χ3n) is 3.70. The molecular weight excluding hydrogens is 288 g/mol. The van der Waals surface area contributed by atoms with Crippen molar-refractivity contribution in [3.8, 4) is 0 Å². The van der Waals surface area contributed by atoms with Gasteiger partial charge in [-0.1, -0.05) is 35.9 Å². The second-order valence-corrected chi connectivity index (χ2v) is 5.43. The van der Waals surface area contributed by atoms with Crippen molar-refractivity contribution in [2.75, 3.05) is 0 Å². The molecule has 0 aliphatic carbocycles. The molecule has 23 heavy (non-hydrogen) atoms. The van der Waals surface area contributed by atoms with Crippen LogP contribution in [0.3, 0.4) is 0 Å². The number of rotatable bonds is 4. The summed E-state index contributed by atoms with van der Waals surface area (Å²) in [4.78, 5) is 21.0. The second kappa shape index (κ2) is 6.44. The van der Waals surface area contributed by atoms with Crippen LogP contribution in [0.5, 0.6) is 0 Å². The molecule has 0 bridgehead atoms. The Morgan fingerprint density at radius 1 is 1.09 bits per heavy atom. The van der Waals surface area contributed by atoms with E-state index >= 15 is 0 Å². The molecule has 5 heteroatoms. The van der Waals surface area contributed by atoms with Gasteiger partial charge < -0.3 is 9.88 Å². The Hall–Kier alpha value is -2.95. The molecule has 0 saturated carbocycles. The smallest absolute Gasteiger partial charge is 0.270 e. The zero-order valence-corrected chi connectivity index (χ0v) is 13.1. The van der Waals surface area contributed by atoms with Gasteiger partial charge in [-0.05, 0) is 24.6 Å². The van der Waals surface area contributed by atoms with Gasteiger partial charge >= 0.3 is 0 Å². The average Bonchev–Trinajstić information content (AvgIpc) is 3.00. The highest BCUT2D eigenvalue weighted by atomic mass is 16.1. The van der Waals surface area contributed by atoms with Gasteiger partial charge in [-0.15, -0.1) is 0 Å². The molecule has 116 valence electrons. The molecule has 0 aliphatic heterocycles. The molecule has 1 aromatic carbocycles. The fourth-order valence-electron chi connectivity index (χ4n) is 2.41. The summed E-state index contributed by atoms with van der Waals surface area (Å²) in [5, 5.41) is 3.03. The minimum absolute atomic E-state index is 0.223. The van der Waals surface area contributed by atoms with E-state index in [-0.39, 0.29) is 11.9 Å². The first-order chi connectivity index (χ1) is 11.1. The molecule has 0 radical (unpaired) electrons. The van der Waals surface area contributed by atoms with Crippen LogP contribution in [0.2, 0.25) is 0 Å². The van der Waals surface area contributed by atoms with Crippen LogP contribution >= 0.6 is 0 Å². The van der Waals surface area contributed by atoms with Crippen LogP contribution in [-0.2, 0) is 7.05 Å². The maximum atomic E-state index is 12.5. The lowest BCUT2D eigenvalue weighted by atomic mass is 10.0. The van der Waals surface area contributed by atoms with Crippen molar-refractivity contribution in [3.05, 3.63) is 83.7 Å². The molecule has 0 aliphatic rings. The third kappa shape index (κ3) is 3.29. The highest BCUT2D eigenvalue weighted by Gasteiger charge is 2.21. The van der Waals surface area contributed by atoms with Crippen molar-refractivity contribution in [1.82, 2.24) is 19.9 Å². The molecule has 1 atom stereocenters. The standard InChI is InChI=1S/C18H18N4O/c1-13-6-8-14(9-7-13)16(17-20-11-12-22(17)2)21-18(23)15-5-3-4-10-19-15/h3-12,16H,1-2H3,(H,21,23). The molecule has 2 heterocycles. The zero-order valence-electron chi connectivity index (χ0n) is 13.1. The van der Waals surface area contributed by atoms with E-state index in [4.69, 9.17) is 0 Å². The van der Waals surface area contributed by atoms with Crippen molar-refractivity contribution in [3.63, 3.8) is 0 Å². The van der Waals surface area contributed by atoms with Gasteiger partial charge in [-0.3, -0.25) is 9.78 Å². The number of amides is 1. The van der Waals surface area contributed by atoms with Gasteiger partial charge in [0.25, 0.3) is 5.91 Å². The van der Waals surface area contributed by atoms with Crippen molar-refractivity contribution >= 4 is 5.91 Å². The minimum Gasteiger partial charge on any atom is -0.337 e. The molecule has 1 unspecified atom stereocenters. The molecule has 3 aromatic rings. The third-order valence-corrected chi connectivity index (χ3v) is 3.70. The predicted octanol–water partition coefficient (Wildman–Crippen LogP) is 2.64. The van der Waals surface area contributed by atoms with E-state index in [1.807, 2.05) is 49.0 Å². The Morgan fingerprint density at radius 3 is 2.48 bits per heavy atom. The zero-order chi connectivity index (χ0) is 16.2. The number of nitrogens with one attached hydrogen (secondary N) is 1. The van der Waals surface area contributed by atoms with Crippen molar-refractivity contribution < 1.29 is 4.79 Å². The first kappa shape index (κ1) is 15.0. The number of aryl methyl sites for hydroxylation is 2. The van der Waals surface area contributed by atoms with E-state index in [1.54, 1.807) is 30.6 Å². The Bertz CT molecular complexity index is 793. The van der Waals surface area contributed by atoms with Crippen molar-refractivity contribution in [2.24, 2.45) is 7.05 Å². The predicted molar refractivity (Wildman–Crippen MR) is 87.9 cm³/mol. The van der Waals surface area contributed by atoms with Gasteiger partial charge in [0.1, 0.15) is 17.6 Å². The van der Waals surface area contributed by atoms with Gasteiger partial charge in [-0.25, -0.2) is 4.98 Å². The van der Waals surface area contributed by atoms with Crippen molar-refractivity contribution in [2.45, 2.75) is 13.0 Å². The molecule has 0 saturated heterocycles. The molecule has 2 aromatic heterocycles. The summed E-state index contributed by atoms with van der Waals surface area (Å²) in [7, 11) is 1.91. The van der Waals surface area contributed by atoms with E-state index in [0.717, 1.165) is 11.4 Å². The maximum Gasteiger partial charge on any atom is 0.270 e. The number of carbonyl (C=O) groups excluding carboxylic acids is 1. The summed E-state index contributed by atoms with van der Waals surface area (Å²) >= 11 is 0. The fraction of sp³-hybridized carbons (Fsp3) is 0.167. The van der Waals surface area contributed by atoms with Crippen LogP contribution in [-0.4, -0.2) is 20.4 Å². The molecule has 1 N–H and O–H groups in total. The van der Waals surface area contributed by atoms with Crippen LogP contribution in [0.1, 0.15) is 33.5 Å². The summed E-state index contributed by atoms with van der Waals surface area (Å²) in [6.45, 7) is 2.03. The number of aromatic nitrogens is 3. The van der Waals surface area contributed by atoms with Crippen LogP contribution in [0.4, 0.5) is 0 Å². The summed E-state index contributed by atoms with van der Waals surface area (Å²) in [5.74, 6) is 0.553. The number of hydrogen-bond donors (Lipinski definition) is 1. The number of nitrogens with zero attached hydrogens (tertiary/aromatic N) is 3. The van der Waals surface area contributed by atoms with Gasteiger partial charge in [-0.2, -0.15) is 0 Å². The minimum atomic E-state index is -0.329. The summed E-state index contributed by atoms with van der Waals surface area (Å²) in [5.41, 5.74) is 2.54. The van der Waals surface area contributed by atoms with E-state index in [0.29, 0.717) is 5.69 Å². The summed E-state index contributed by atoms with van der Waals surface area (Å²) in [6.07, 6.45) is 5.20. The average molecular weight is 306 g/mol. The molecule has 0 fully saturated rings. The topological polar surface area (TPSA) is 59.8 Å². The number of carbonyl (C=O) groups is 1. The largest absolute Gasteiger partial charge is 0.337 e. The first-order valence-corrected chi connectivity index (χ1v) is 7.41. The van der Waals surface area contributed by atoms with E-state index in [9.17, 15) is 4.79 Å². The fourth-order valence-corrected chi connectivity index (χ4v) is 2.41. The molecule has 3 rings (SSSR count). The lowest BCUT2D eigenvalue weighted by Crippen LogP contribution is -2.31. The Kier molecular flexibility index (Phi) is 4.19. The van der Waals surface area contributed by atoms with Crippen LogP contribution in [0.25, 0.3) is 0 Å². The summed E-state index contributed by atoms with van der Waals surface area (Å²) in [6, 6.07) is 13.0. The van der Waals surface area contributed by atoms with Crippen molar-refractivity contribution in [1.29, 1.82) is 0 Å². The number of benzene rings is 1. The monoisotopic (exact) mass is 306 g/mol.